The van der Waals surface area contributed by atoms with Crippen LogP contribution in [0.4, 0.5) is 5.69 Å². The maximum Gasteiger partial charge on any atom is 0.262 e. The molecule has 0 aliphatic carbocycles. The van der Waals surface area contributed by atoms with Gasteiger partial charge in [-0.2, -0.15) is 0 Å². The average molecular weight is 404 g/mol. The first kappa shape index (κ1) is 17.1. The van der Waals surface area contributed by atoms with Crippen LogP contribution in [0.3, 0.4) is 0 Å². The molecule has 1 N–H and O–H groups in total. The zero-order valence-electron chi connectivity index (χ0n) is 11.9. The number of nitrogens with zero attached hydrogens (tertiary/aromatic N) is 1. The summed E-state index contributed by atoms with van der Waals surface area (Å²) in [5.41, 5.74) is 1.87. The second kappa shape index (κ2) is 7.31. The first-order valence-corrected chi connectivity index (χ1v) is 7.93. The molecule has 0 aliphatic rings. The SMILES string of the molecule is Cc1nc(C)c(Cl)c(OCC(=O)Nc2cccc(Br)c2)c1Cl. The van der Waals surface area contributed by atoms with Gasteiger partial charge in [0.25, 0.3) is 5.91 Å². The molecular weight excluding hydrogens is 391 g/mol. The van der Waals surface area contributed by atoms with Crippen LogP contribution in [0, 0.1) is 13.8 Å². The number of rotatable bonds is 4. The zero-order chi connectivity index (χ0) is 16.3. The number of pyridine rings is 1. The molecule has 0 atom stereocenters. The highest BCUT2D eigenvalue weighted by atomic mass is 79.9. The van der Waals surface area contributed by atoms with Gasteiger partial charge in [-0.05, 0) is 32.0 Å². The van der Waals surface area contributed by atoms with E-state index in [0.29, 0.717) is 27.1 Å². The van der Waals surface area contributed by atoms with E-state index in [1.807, 2.05) is 12.1 Å². The maximum absolute atomic E-state index is 11.9. The predicted octanol–water partition coefficient (Wildman–Crippen LogP) is 4.79. The molecule has 1 aromatic carbocycles. The van der Waals surface area contributed by atoms with E-state index < -0.39 is 0 Å². The lowest BCUT2D eigenvalue weighted by Crippen LogP contribution is -2.20. The standard InChI is InChI=1S/C15H13BrCl2N2O2/c1-8-13(17)15(14(18)9(2)19-8)22-7-12(21)20-11-5-3-4-10(16)6-11/h3-6H,7H2,1-2H3,(H,20,21). The van der Waals surface area contributed by atoms with Crippen molar-refractivity contribution < 1.29 is 9.53 Å². The first-order chi connectivity index (χ1) is 10.4. The van der Waals surface area contributed by atoms with E-state index in [1.165, 1.54) is 0 Å². The fourth-order valence-corrected chi connectivity index (χ4v) is 2.63. The molecule has 0 fully saturated rings. The molecule has 116 valence electrons. The molecule has 1 amide bonds. The number of ether oxygens (including phenoxy) is 1. The quantitative estimate of drug-likeness (QED) is 0.798. The number of carbonyl (C=O) groups excluding carboxylic acids is 1. The average Bonchev–Trinajstić information content (AvgIpc) is 2.45. The minimum absolute atomic E-state index is 0.200. The minimum atomic E-state index is -0.308. The molecule has 22 heavy (non-hydrogen) atoms. The van der Waals surface area contributed by atoms with E-state index >= 15 is 0 Å². The molecule has 0 bridgehead atoms. The van der Waals surface area contributed by atoms with Gasteiger partial charge < -0.3 is 10.1 Å². The van der Waals surface area contributed by atoms with Gasteiger partial charge in [0, 0.05) is 10.2 Å². The van der Waals surface area contributed by atoms with Crippen molar-refractivity contribution in [2.45, 2.75) is 13.8 Å². The Hall–Kier alpha value is -1.30. The highest BCUT2D eigenvalue weighted by molar-refractivity contribution is 9.10. The van der Waals surface area contributed by atoms with Crippen LogP contribution in [0.25, 0.3) is 0 Å². The van der Waals surface area contributed by atoms with Crippen LogP contribution in [-0.2, 0) is 4.79 Å². The number of carbonyl (C=O) groups is 1. The Morgan fingerprint density at radius 2 is 1.91 bits per heavy atom. The number of nitrogens with one attached hydrogen (secondary N) is 1. The summed E-state index contributed by atoms with van der Waals surface area (Å²) in [6.07, 6.45) is 0. The van der Waals surface area contributed by atoms with Crippen molar-refractivity contribution >= 4 is 50.7 Å². The van der Waals surface area contributed by atoms with E-state index in [1.54, 1.807) is 26.0 Å². The van der Waals surface area contributed by atoms with Crippen molar-refractivity contribution in [1.82, 2.24) is 4.98 Å². The molecule has 0 saturated heterocycles. The van der Waals surface area contributed by atoms with Gasteiger partial charge in [-0.15, -0.1) is 0 Å². The Kier molecular flexibility index (Phi) is 5.67. The van der Waals surface area contributed by atoms with E-state index in [9.17, 15) is 4.79 Å². The lowest BCUT2D eigenvalue weighted by Gasteiger charge is -2.13. The van der Waals surface area contributed by atoms with Gasteiger partial charge >= 0.3 is 0 Å². The van der Waals surface area contributed by atoms with Crippen LogP contribution in [0.1, 0.15) is 11.4 Å². The number of hydrogen-bond donors (Lipinski definition) is 1. The number of halogens is 3. The van der Waals surface area contributed by atoms with Crippen molar-refractivity contribution in [1.29, 1.82) is 0 Å². The fourth-order valence-electron chi connectivity index (χ4n) is 1.80. The fraction of sp³-hybridized carbons (Fsp3) is 0.200. The van der Waals surface area contributed by atoms with Crippen LogP contribution in [0.5, 0.6) is 5.75 Å². The summed E-state index contributed by atoms with van der Waals surface area (Å²) in [5.74, 6) is -0.0323. The summed E-state index contributed by atoms with van der Waals surface area (Å²) >= 11 is 15.6. The summed E-state index contributed by atoms with van der Waals surface area (Å²) in [5, 5.41) is 3.35. The molecule has 1 aromatic heterocycles. The normalized spacial score (nSPS) is 10.4. The van der Waals surface area contributed by atoms with Crippen LogP contribution >= 0.6 is 39.1 Å². The number of amides is 1. The Bertz CT molecular complexity index is 697. The molecule has 0 aliphatic heterocycles. The van der Waals surface area contributed by atoms with Gasteiger partial charge in [0.05, 0.1) is 11.4 Å². The number of benzene rings is 1. The van der Waals surface area contributed by atoms with Gasteiger partial charge in [-0.25, -0.2) is 0 Å². The van der Waals surface area contributed by atoms with Gasteiger partial charge in [0.2, 0.25) is 0 Å². The third-order valence-electron chi connectivity index (χ3n) is 2.83. The molecule has 0 unspecified atom stereocenters. The molecule has 7 heteroatoms. The Labute approximate surface area is 146 Å². The van der Waals surface area contributed by atoms with E-state index in [2.05, 4.69) is 26.2 Å². The summed E-state index contributed by atoms with van der Waals surface area (Å²) in [4.78, 5) is 16.1. The molecule has 2 rings (SSSR count). The zero-order valence-corrected chi connectivity index (χ0v) is 15.0. The second-order valence-electron chi connectivity index (χ2n) is 4.59. The van der Waals surface area contributed by atoms with Gasteiger partial charge in [-0.1, -0.05) is 45.2 Å². The van der Waals surface area contributed by atoms with Crippen molar-refractivity contribution in [3.05, 3.63) is 50.2 Å². The molecule has 0 spiro atoms. The highest BCUT2D eigenvalue weighted by Crippen LogP contribution is 2.36. The summed E-state index contributed by atoms with van der Waals surface area (Å²) in [7, 11) is 0. The first-order valence-electron chi connectivity index (χ1n) is 6.39. The summed E-state index contributed by atoms with van der Waals surface area (Å²) in [6.45, 7) is 3.30. The number of aromatic nitrogens is 1. The molecule has 4 nitrogen and oxygen atoms in total. The Morgan fingerprint density at radius 3 is 2.50 bits per heavy atom. The Morgan fingerprint density at radius 1 is 1.27 bits per heavy atom. The van der Waals surface area contributed by atoms with Crippen molar-refractivity contribution in [2.24, 2.45) is 0 Å². The van der Waals surface area contributed by atoms with Gasteiger partial charge in [-0.3, -0.25) is 9.78 Å². The number of anilines is 1. The van der Waals surface area contributed by atoms with Crippen molar-refractivity contribution in [3.8, 4) is 5.75 Å². The minimum Gasteiger partial charge on any atom is -0.480 e. The summed E-state index contributed by atoms with van der Waals surface area (Å²) < 4.78 is 6.34. The molecular formula is C15H13BrCl2N2O2. The molecule has 0 radical (unpaired) electrons. The number of hydrogen-bond acceptors (Lipinski definition) is 3. The summed E-state index contributed by atoms with van der Waals surface area (Å²) in [6, 6.07) is 7.26. The van der Waals surface area contributed by atoms with Crippen LogP contribution < -0.4 is 10.1 Å². The van der Waals surface area contributed by atoms with Crippen LogP contribution in [-0.4, -0.2) is 17.5 Å². The molecule has 1 heterocycles. The van der Waals surface area contributed by atoms with Gasteiger partial charge in [0.15, 0.2) is 12.4 Å². The maximum atomic E-state index is 11.9. The topological polar surface area (TPSA) is 51.2 Å². The van der Waals surface area contributed by atoms with Crippen molar-refractivity contribution in [3.63, 3.8) is 0 Å². The lowest BCUT2D eigenvalue weighted by atomic mass is 10.3. The molecule has 2 aromatic rings. The van der Waals surface area contributed by atoms with E-state index in [0.717, 1.165) is 4.47 Å². The van der Waals surface area contributed by atoms with E-state index in [4.69, 9.17) is 27.9 Å². The Balaban J connectivity index is 2.06. The predicted molar refractivity (Wildman–Crippen MR) is 92.0 cm³/mol. The lowest BCUT2D eigenvalue weighted by molar-refractivity contribution is -0.118. The van der Waals surface area contributed by atoms with Crippen LogP contribution in [0.15, 0.2) is 28.7 Å². The largest absolute Gasteiger partial charge is 0.480 e. The van der Waals surface area contributed by atoms with Gasteiger partial charge in [0.1, 0.15) is 10.0 Å². The van der Waals surface area contributed by atoms with E-state index in [-0.39, 0.29) is 18.3 Å². The third-order valence-corrected chi connectivity index (χ3v) is 4.21. The van der Waals surface area contributed by atoms with Crippen molar-refractivity contribution in [2.75, 3.05) is 11.9 Å². The monoisotopic (exact) mass is 402 g/mol. The molecule has 0 saturated carbocycles. The smallest absolute Gasteiger partial charge is 0.262 e. The van der Waals surface area contributed by atoms with Crippen LogP contribution in [0.2, 0.25) is 10.0 Å². The number of aryl methyl sites for hydroxylation is 2. The highest BCUT2D eigenvalue weighted by Gasteiger charge is 2.15. The third kappa shape index (κ3) is 4.12. The second-order valence-corrected chi connectivity index (χ2v) is 6.26.